The molecule has 0 bridgehead atoms. The molecule has 1 unspecified atom stereocenters. The Morgan fingerprint density at radius 3 is 2.96 bits per heavy atom. The highest BCUT2D eigenvalue weighted by molar-refractivity contribution is 8.00. The van der Waals surface area contributed by atoms with Crippen LogP contribution in [0.3, 0.4) is 0 Å². The Morgan fingerprint density at radius 2 is 2.16 bits per heavy atom. The van der Waals surface area contributed by atoms with Gasteiger partial charge in [0.25, 0.3) is 0 Å². The van der Waals surface area contributed by atoms with E-state index in [2.05, 4.69) is 15.0 Å². The quantitative estimate of drug-likeness (QED) is 0.730. The maximum Gasteiger partial charge on any atom is 0.319 e. The van der Waals surface area contributed by atoms with Crippen LogP contribution in [0.2, 0.25) is 0 Å². The van der Waals surface area contributed by atoms with Crippen molar-refractivity contribution in [2.45, 2.75) is 23.8 Å². The standard InChI is InChI=1S/C17H20N4O3S/c1-23-17-19-9-6-15(20-17)24-13-3-2-10-21(11-13)16(22)12-25-14-4-7-18-8-5-14/h4-9,13H,2-3,10-12H2,1H3. The second kappa shape index (κ2) is 8.66. The van der Waals surface area contributed by atoms with Crippen LogP contribution >= 0.6 is 11.8 Å². The molecule has 0 aliphatic carbocycles. The smallest absolute Gasteiger partial charge is 0.319 e. The lowest BCUT2D eigenvalue weighted by molar-refractivity contribution is -0.130. The van der Waals surface area contributed by atoms with Gasteiger partial charge < -0.3 is 14.4 Å². The normalized spacial score (nSPS) is 17.2. The van der Waals surface area contributed by atoms with Gasteiger partial charge in [0.2, 0.25) is 11.8 Å². The van der Waals surface area contributed by atoms with E-state index in [4.69, 9.17) is 9.47 Å². The summed E-state index contributed by atoms with van der Waals surface area (Å²) >= 11 is 1.52. The van der Waals surface area contributed by atoms with Crippen LogP contribution in [0.5, 0.6) is 11.9 Å². The van der Waals surface area contributed by atoms with Crippen molar-refractivity contribution in [2.24, 2.45) is 0 Å². The summed E-state index contributed by atoms with van der Waals surface area (Å²) in [5.74, 6) is 1.01. The summed E-state index contributed by atoms with van der Waals surface area (Å²) in [4.78, 5) is 27.5. The molecule has 0 radical (unpaired) electrons. The number of hydrogen-bond donors (Lipinski definition) is 0. The Kier molecular flexibility index (Phi) is 6.05. The van der Waals surface area contributed by atoms with Gasteiger partial charge in [-0.2, -0.15) is 4.98 Å². The van der Waals surface area contributed by atoms with E-state index in [9.17, 15) is 4.79 Å². The number of aromatic nitrogens is 3. The molecule has 2 aromatic heterocycles. The predicted octanol–water partition coefficient (Wildman–Crippen LogP) is 2.04. The summed E-state index contributed by atoms with van der Waals surface area (Å²) in [6.45, 7) is 1.34. The fraction of sp³-hybridized carbons (Fsp3) is 0.412. The molecule has 1 fully saturated rings. The molecule has 25 heavy (non-hydrogen) atoms. The van der Waals surface area contributed by atoms with Crippen LogP contribution in [0.1, 0.15) is 12.8 Å². The summed E-state index contributed by atoms with van der Waals surface area (Å²) < 4.78 is 10.9. The average molecular weight is 360 g/mol. The van der Waals surface area contributed by atoms with E-state index in [0.29, 0.717) is 18.2 Å². The molecule has 7 nitrogen and oxygen atoms in total. The van der Waals surface area contributed by atoms with Crippen molar-refractivity contribution in [2.75, 3.05) is 26.0 Å². The second-order valence-electron chi connectivity index (χ2n) is 5.58. The first-order valence-electron chi connectivity index (χ1n) is 8.09. The van der Waals surface area contributed by atoms with Crippen molar-refractivity contribution < 1.29 is 14.3 Å². The molecule has 1 aliphatic heterocycles. The number of likely N-dealkylation sites (tertiary alicyclic amines) is 1. The first-order valence-corrected chi connectivity index (χ1v) is 9.07. The fourth-order valence-corrected chi connectivity index (χ4v) is 3.38. The molecule has 8 heteroatoms. The zero-order valence-electron chi connectivity index (χ0n) is 14.0. The van der Waals surface area contributed by atoms with Gasteiger partial charge in [-0.25, -0.2) is 4.98 Å². The van der Waals surface area contributed by atoms with Crippen LogP contribution in [-0.4, -0.2) is 57.8 Å². The molecule has 0 spiro atoms. The summed E-state index contributed by atoms with van der Waals surface area (Å²) in [5, 5.41) is 0. The molecule has 1 amide bonds. The van der Waals surface area contributed by atoms with E-state index in [1.807, 2.05) is 17.0 Å². The number of carbonyl (C=O) groups excluding carboxylic acids is 1. The molecule has 0 aromatic carbocycles. The first-order chi connectivity index (χ1) is 12.2. The van der Waals surface area contributed by atoms with Crippen molar-refractivity contribution in [3.8, 4) is 11.9 Å². The van der Waals surface area contributed by atoms with Crippen LogP contribution in [0.25, 0.3) is 0 Å². The number of thioether (sulfide) groups is 1. The Bertz CT molecular complexity index is 701. The molecule has 132 valence electrons. The zero-order chi connectivity index (χ0) is 17.5. The van der Waals surface area contributed by atoms with Crippen LogP contribution in [0.15, 0.2) is 41.7 Å². The molecule has 1 atom stereocenters. The molecule has 1 saturated heterocycles. The minimum Gasteiger partial charge on any atom is -0.472 e. The third-order valence-electron chi connectivity index (χ3n) is 3.82. The van der Waals surface area contributed by atoms with Crippen molar-refractivity contribution in [1.29, 1.82) is 0 Å². The number of carbonyl (C=O) groups is 1. The lowest BCUT2D eigenvalue weighted by atomic mass is 10.1. The predicted molar refractivity (Wildman–Crippen MR) is 93.8 cm³/mol. The summed E-state index contributed by atoms with van der Waals surface area (Å²) in [7, 11) is 1.51. The van der Waals surface area contributed by atoms with Gasteiger partial charge in [0.15, 0.2) is 0 Å². The van der Waals surface area contributed by atoms with Crippen molar-refractivity contribution in [3.05, 3.63) is 36.8 Å². The Morgan fingerprint density at radius 1 is 1.32 bits per heavy atom. The molecule has 0 N–H and O–H groups in total. The highest BCUT2D eigenvalue weighted by Gasteiger charge is 2.25. The number of pyridine rings is 1. The Hall–Kier alpha value is -2.35. The molecule has 2 aromatic rings. The molecule has 3 rings (SSSR count). The summed E-state index contributed by atoms with van der Waals surface area (Å²) in [6, 6.07) is 5.78. The Balaban J connectivity index is 1.52. The van der Waals surface area contributed by atoms with Gasteiger partial charge in [-0.3, -0.25) is 9.78 Å². The SMILES string of the molecule is COc1nccc(OC2CCCN(C(=O)CSc3ccncc3)C2)n1. The van der Waals surface area contributed by atoms with E-state index in [1.165, 1.54) is 18.9 Å². The van der Waals surface area contributed by atoms with Gasteiger partial charge in [0.1, 0.15) is 6.10 Å². The molecule has 0 saturated carbocycles. The number of nitrogens with zero attached hydrogens (tertiary/aromatic N) is 4. The average Bonchev–Trinajstić information content (AvgIpc) is 2.67. The molecular weight excluding hydrogens is 340 g/mol. The van der Waals surface area contributed by atoms with Crippen LogP contribution in [0, 0.1) is 0 Å². The minimum atomic E-state index is -0.0665. The van der Waals surface area contributed by atoms with E-state index < -0.39 is 0 Å². The number of piperidine rings is 1. The lowest BCUT2D eigenvalue weighted by Gasteiger charge is -2.32. The van der Waals surface area contributed by atoms with Crippen LogP contribution < -0.4 is 9.47 Å². The monoisotopic (exact) mass is 360 g/mol. The highest BCUT2D eigenvalue weighted by Crippen LogP contribution is 2.21. The number of hydrogen-bond acceptors (Lipinski definition) is 7. The van der Waals surface area contributed by atoms with Gasteiger partial charge in [0, 0.05) is 36.1 Å². The minimum absolute atomic E-state index is 0.0665. The van der Waals surface area contributed by atoms with E-state index >= 15 is 0 Å². The van der Waals surface area contributed by atoms with Gasteiger partial charge in [0.05, 0.1) is 19.4 Å². The summed E-state index contributed by atoms with van der Waals surface area (Å²) in [5.41, 5.74) is 0. The van der Waals surface area contributed by atoms with Gasteiger partial charge in [-0.1, -0.05) is 0 Å². The van der Waals surface area contributed by atoms with E-state index in [0.717, 1.165) is 24.3 Å². The fourth-order valence-electron chi connectivity index (χ4n) is 2.59. The maximum absolute atomic E-state index is 12.5. The van der Waals surface area contributed by atoms with Crippen molar-refractivity contribution in [1.82, 2.24) is 19.9 Å². The zero-order valence-corrected chi connectivity index (χ0v) is 14.8. The largest absolute Gasteiger partial charge is 0.472 e. The first kappa shape index (κ1) is 17.5. The third-order valence-corrected chi connectivity index (χ3v) is 4.82. The lowest BCUT2D eigenvalue weighted by Crippen LogP contribution is -2.45. The Labute approximate surface area is 150 Å². The van der Waals surface area contributed by atoms with E-state index in [1.54, 1.807) is 24.7 Å². The number of amides is 1. The van der Waals surface area contributed by atoms with Crippen LogP contribution in [0.4, 0.5) is 0 Å². The molecular formula is C17H20N4O3S. The number of ether oxygens (including phenoxy) is 2. The van der Waals surface area contributed by atoms with E-state index in [-0.39, 0.29) is 18.0 Å². The van der Waals surface area contributed by atoms with Gasteiger partial charge in [-0.15, -0.1) is 11.8 Å². The summed E-state index contributed by atoms with van der Waals surface area (Å²) in [6.07, 6.45) is 6.80. The molecule has 1 aliphatic rings. The van der Waals surface area contributed by atoms with Gasteiger partial charge in [-0.05, 0) is 25.0 Å². The van der Waals surface area contributed by atoms with Crippen molar-refractivity contribution in [3.63, 3.8) is 0 Å². The third kappa shape index (κ3) is 5.06. The van der Waals surface area contributed by atoms with Crippen LogP contribution in [-0.2, 0) is 4.79 Å². The number of methoxy groups -OCH3 is 1. The number of rotatable bonds is 6. The highest BCUT2D eigenvalue weighted by atomic mass is 32.2. The van der Waals surface area contributed by atoms with Gasteiger partial charge >= 0.3 is 6.01 Å². The maximum atomic E-state index is 12.5. The second-order valence-corrected chi connectivity index (χ2v) is 6.62. The molecule has 3 heterocycles. The topological polar surface area (TPSA) is 77.4 Å². The van der Waals surface area contributed by atoms with Crippen molar-refractivity contribution >= 4 is 17.7 Å².